The molecule has 0 aromatic carbocycles. The molecule has 2 atom stereocenters. The van der Waals surface area contributed by atoms with Gasteiger partial charge in [0.05, 0.1) is 43.1 Å². The Morgan fingerprint density at radius 1 is 0.818 bits per heavy atom. The summed E-state index contributed by atoms with van der Waals surface area (Å²) < 4.78 is 10.4. The number of fused-ring (bicyclic) bond motifs is 6. The van der Waals surface area contributed by atoms with E-state index in [0.29, 0.717) is 58.9 Å². The van der Waals surface area contributed by atoms with Gasteiger partial charge in [0.1, 0.15) is 47.3 Å². The normalized spacial score (nSPS) is 14.1. The van der Waals surface area contributed by atoms with Crippen LogP contribution in [0.15, 0.2) is 63.2 Å². The van der Waals surface area contributed by atoms with Gasteiger partial charge in [0.2, 0.25) is 0 Å². The third-order valence-corrected chi connectivity index (χ3v) is 8.98. The highest BCUT2D eigenvalue weighted by Crippen LogP contribution is 2.29. The summed E-state index contributed by atoms with van der Waals surface area (Å²) in [5.74, 6) is -0.658. The molecule has 3 aliphatic heterocycles. The van der Waals surface area contributed by atoms with Gasteiger partial charge in [0.25, 0.3) is 5.91 Å². The van der Waals surface area contributed by atoms with Crippen LogP contribution in [0.4, 0.5) is 11.4 Å². The standard InChI is InChI=1S/C20H21N5O2.C11H19NO2.C9H4N4O/c1-3-5-6-13(4-2)11-27-20(26)15(9-21)18-19-17(23-12-24-18)14-7-8-22-10-16(14)25-19;1-3-5-6-10(4-2)9-14-11(13)7-8-12;14-9-8-7(11-4-12-9)5-1-2-10-3-6(5)13-8/h7-8,10,12-13H,3-6,11H2,1-2H3;10H,3-7,9H2,1-2H3;1-4H/b18-15+;;. The molecule has 0 aliphatic carbocycles. The fourth-order valence-corrected chi connectivity index (χ4v) is 5.70. The number of ether oxygens (including phenoxy) is 2. The Balaban J connectivity index is 0.000000202. The zero-order chi connectivity index (χ0) is 39.6. The first-order valence-electron chi connectivity index (χ1n) is 18.5. The van der Waals surface area contributed by atoms with Crippen LogP contribution in [0.1, 0.15) is 91.0 Å². The second-order valence-corrected chi connectivity index (χ2v) is 12.7. The van der Waals surface area contributed by atoms with Crippen molar-refractivity contribution in [2.45, 2.75) is 85.5 Å². The smallest absolute Gasteiger partial charge is 0.351 e. The van der Waals surface area contributed by atoms with E-state index in [1.807, 2.05) is 6.07 Å². The minimum atomic E-state index is -0.669. The third kappa shape index (κ3) is 11.1. The van der Waals surface area contributed by atoms with E-state index >= 15 is 0 Å². The second-order valence-electron chi connectivity index (χ2n) is 12.7. The summed E-state index contributed by atoms with van der Waals surface area (Å²) in [6.45, 7) is 9.22. The number of esters is 2. The maximum atomic E-state index is 12.5. The van der Waals surface area contributed by atoms with E-state index in [1.165, 1.54) is 25.5 Å². The number of hydrogen-bond acceptors (Lipinski definition) is 14. The van der Waals surface area contributed by atoms with E-state index in [0.717, 1.165) is 49.7 Å². The topological polar surface area (TPSA) is 218 Å². The second kappa shape index (κ2) is 21.4. The van der Waals surface area contributed by atoms with Crippen LogP contribution in [0.5, 0.6) is 0 Å². The van der Waals surface area contributed by atoms with Crippen molar-refractivity contribution in [2.24, 2.45) is 31.8 Å². The van der Waals surface area contributed by atoms with Crippen molar-refractivity contribution in [3.8, 4) is 23.4 Å². The maximum absolute atomic E-state index is 12.5. The van der Waals surface area contributed by atoms with Gasteiger partial charge in [-0.2, -0.15) is 15.5 Å². The molecule has 6 rings (SSSR count). The zero-order valence-electron chi connectivity index (χ0n) is 31.6. The average Bonchev–Trinajstić information content (AvgIpc) is 3.79. The van der Waals surface area contributed by atoms with Gasteiger partial charge in [-0.15, -0.1) is 0 Å². The molecule has 6 heterocycles. The van der Waals surface area contributed by atoms with E-state index in [4.69, 9.17) is 14.7 Å². The monoisotopic (exact) mass is 744 g/mol. The number of aromatic nitrogens is 4. The highest BCUT2D eigenvalue weighted by Gasteiger charge is 2.29. The van der Waals surface area contributed by atoms with Gasteiger partial charge >= 0.3 is 11.9 Å². The van der Waals surface area contributed by atoms with Crippen LogP contribution in [0.3, 0.4) is 0 Å². The first-order chi connectivity index (χ1) is 26.8. The summed E-state index contributed by atoms with van der Waals surface area (Å²) in [7, 11) is 0. The quantitative estimate of drug-likeness (QED) is 0.148. The number of aliphatic imine (C=N–C) groups is 3. The molecule has 0 spiro atoms. The fourth-order valence-electron chi connectivity index (χ4n) is 5.70. The van der Waals surface area contributed by atoms with Crippen molar-refractivity contribution in [3.05, 3.63) is 59.5 Å². The lowest BCUT2D eigenvalue weighted by Gasteiger charge is -2.14. The lowest BCUT2D eigenvalue weighted by atomic mass is 10.0. The Morgan fingerprint density at radius 3 is 2.07 bits per heavy atom. The summed E-state index contributed by atoms with van der Waals surface area (Å²) in [5, 5.41) is 18.4. The SMILES string of the molecule is CCCCC(CC)COC(=O)/C(C#N)=c1/ncnc2c1=Nc1cnccc1-2.CCCCC(CC)COC(=O)CC#N.O=C1N=CN=C2C1=Nc1cnccc12. The molecule has 3 aromatic rings. The third-order valence-electron chi connectivity index (χ3n) is 8.98. The predicted octanol–water partition coefficient (Wildman–Crippen LogP) is 5.42. The molecule has 0 N–H and O–H groups in total. The molecule has 0 bridgehead atoms. The number of nitriles is 2. The Morgan fingerprint density at radius 2 is 1.45 bits per heavy atom. The Hall–Kier alpha value is -6.35. The highest BCUT2D eigenvalue weighted by molar-refractivity contribution is 6.74. The van der Waals surface area contributed by atoms with Crippen LogP contribution in [-0.2, 0) is 23.9 Å². The van der Waals surface area contributed by atoms with Crippen molar-refractivity contribution in [1.82, 2.24) is 19.9 Å². The van der Waals surface area contributed by atoms with Crippen molar-refractivity contribution in [3.63, 3.8) is 0 Å². The Labute approximate surface area is 319 Å². The molecule has 0 saturated heterocycles. The number of carbonyl (C=O) groups excluding carboxylic acids is 3. The molecule has 55 heavy (non-hydrogen) atoms. The van der Waals surface area contributed by atoms with Gasteiger partial charge in [-0.05, 0) is 36.8 Å². The lowest BCUT2D eigenvalue weighted by molar-refractivity contribution is -0.144. The first kappa shape index (κ1) is 41.4. The highest BCUT2D eigenvalue weighted by atomic mass is 16.5. The molecule has 1 amide bonds. The van der Waals surface area contributed by atoms with Gasteiger partial charge in [-0.1, -0.05) is 66.2 Å². The van der Waals surface area contributed by atoms with Crippen LogP contribution in [0.25, 0.3) is 16.8 Å². The number of rotatable bonds is 14. The van der Waals surface area contributed by atoms with E-state index in [9.17, 15) is 19.6 Å². The molecule has 15 heteroatoms. The summed E-state index contributed by atoms with van der Waals surface area (Å²) in [4.78, 5) is 67.3. The van der Waals surface area contributed by atoms with Crippen molar-refractivity contribution in [2.75, 3.05) is 13.2 Å². The number of amides is 1. The number of pyridine rings is 2. The summed E-state index contributed by atoms with van der Waals surface area (Å²) in [5.41, 5.74) is 4.33. The molecular formula is C40H44N10O5. The van der Waals surface area contributed by atoms with Crippen LogP contribution in [0, 0.1) is 34.5 Å². The van der Waals surface area contributed by atoms with Crippen molar-refractivity contribution >= 4 is 52.6 Å². The van der Waals surface area contributed by atoms with E-state index in [1.54, 1.807) is 43.0 Å². The van der Waals surface area contributed by atoms with Gasteiger partial charge in [-0.25, -0.2) is 29.7 Å². The van der Waals surface area contributed by atoms with Crippen LogP contribution in [-0.4, -0.2) is 68.8 Å². The fraction of sp³-hybridized carbons (Fsp3) is 0.425. The molecule has 0 fully saturated rings. The number of nitrogens with zero attached hydrogens (tertiary/aromatic N) is 10. The molecule has 3 aliphatic rings. The predicted molar refractivity (Wildman–Crippen MR) is 205 cm³/mol. The minimum absolute atomic E-state index is 0.135. The van der Waals surface area contributed by atoms with Crippen molar-refractivity contribution in [1.29, 1.82) is 10.5 Å². The Kier molecular flexibility index (Phi) is 16.1. The first-order valence-corrected chi connectivity index (χ1v) is 18.5. The molecule has 0 radical (unpaired) electrons. The van der Waals surface area contributed by atoms with Gasteiger partial charge in [0.15, 0.2) is 11.3 Å². The average molecular weight is 745 g/mol. The van der Waals surface area contributed by atoms with Crippen LogP contribution in [0.2, 0.25) is 0 Å². The van der Waals surface area contributed by atoms with Crippen molar-refractivity contribution < 1.29 is 23.9 Å². The largest absolute Gasteiger partial charge is 0.465 e. The number of unbranched alkanes of at least 4 members (excludes halogenated alkanes) is 2. The van der Waals surface area contributed by atoms with Gasteiger partial charge in [-0.3, -0.25) is 19.6 Å². The van der Waals surface area contributed by atoms with E-state index in [2.05, 4.69) is 67.6 Å². The van der Waals surface area contributed by atoms with Gasteiger partial charge < -0.3 is 9.47 Å². The lowest BCUT2D eigenvalue weighted by Crippen LogP contribution is -2.34. The Bertz CT molecular complexity index is 2170. The number of hydrogen-bond donors (Lipinski definition) is 0. The summed E-state index contributed by atoms with van der Waals surface area (Å²) >= 11 is 0. The molecule has 3 aromatic heterocycles. The van der Waals surface area contributed by atoms with Crippen LogP contribution >= 0.6 is 0 Å². The summed E-state index contributed by atoms with van der Waals surface area (Å²) in [6.07, 6.45) is 17.6. The van der Waals surface area contributed by atoms with Gasteiger partial charge in [0, 0.05) is 23.5 Å². The zero-order valence-corrected chi connectivity index (χ0v) is 31.6. The summed E-state index contributed by atoms with van der Waals surface area (Å²) in [6, 6.07) is 7.30. The molecule has 284 valence electrons. The molecule has 2 unspecified atom stereocenters. The number of carbonyl (C=O) groups is 3. The molecule has 0 saturated carbocycles. The van der Waals surface area contributed by atoms with E-state index < -0.39 is 11.9 Å². The van der Waals surface area contributed by atoms with E-state index in [-0.39, 0.29) is 23.3 Å². The van der Waals surface area contributed by atoms with Crippen LogP contribution < -0.4 is 10.7 Å². The molecular weight excluding hydrogens is 701 g/mol. The maximum Gasteiger partial charge on any atom is 0.351 e. The minimum Gasteiger partial charge on any atom is -0.465 e. The molecule has 15 nitrogen and oxygen atoms in total.